The van der Waals surface area contributed by atoms with E-state index in [-0.39, 0.29) is 16.7 Å². The first kappa shape index (κ1) is 18.8. The van der Waals surface area contributed by atoms with Crippen molar-refractivity contribution in [2.75, 3.05) is 0 Å². The maximum Gasteiger partial charge on any atom is 0.269 e. The van der Waals surface area contributed by atoms with Crippen LogP contribution in [-0.2, 0) is 0 Å². The number of ether oxygens (including phenoxy) is 1. The molecule has 2 heterocycles. The first-order valence-corrected chi connectivity index (χ1v) is 10.4. The van der Waals surface area contributed by atoms with Crippen molar-refractivity contribution in [3.8, 4) is 5.75 Å². The fourth-order valence-corrected chi connectivity index (χ4v) is 4.37. The van der Waals surface area contributed by atoms with Gasteiger partial charge in [0, 0.05) is 34.2 Å². The van der Waals surface area contributed by atoms with Gasteiger partial charge in [0.05, 0.1) is 16.7 Å². The minimum atomic E-state index is -0.536. The van der Waals surface area contributed by atoms with Crippen LogP contribution in [0.2, 0.25) is 0 Å². The number of halogens is 1. The van der Waals surface area contributed by atoms with Crippen LogP contribution in [0, 0.1) is 17.0 Å². The van der Waals surface area contributed by atoms with E-state index in [0.29, 0.717) is 5.56 Å². The number of benzene rings is 3. The van der Waals surface area contributed by atoms with Gasteiger partial charge in [0.1, 0.15) is 5.75 Å². The molecule has 7 heteroatoms. The third-order valence-electron chi connectivity index (χ3n) is 5.50. The first-order valence-electron chi connectivity index (χ1n) is 9.63. The molecule has 0 amide bonds. The molecule has 5 rings (SSSR count). The fraction of sp³-hybridized carbons (Fsp3) is 0.174. The number of fused-ring (bicyclic) bond motifs is 3. The Labute approximate surface area is 182 Å². The van der Waals surface area contributed by atoms with Crippen molar-refractivity contribution in [2.45, 2.75) is 25.6 Å². The summed E-state index contributed by atoms with van der Waals surface area (Å²) in [6.45, 7) is 2.06. The zero-order valence-corrected chi connectivity index (χ0v) is 17.7. The van der Waals surface area contributed by atoms with Gasteiger partial charge in [0.25, 0.3) is 5.69 Å². The van der Waals surface area contributed by atoms with E-state index in [2.05, 4.69) is 53.2 Å². The van der Waals surface area contributed by atoms with Gasteiger partial charge in [-0.25, -0.2) is 5.01 Å². The van der Waals surface area contributed by atoms with Gasteiger partial charge < -0.3 is 4.74 Å². The highest BCUT2D eigenvalue weighted by Gasteiger charge is 2.41. The number of non-ortho nitro benzene ring substituents is 1. The summed E-state index contributed by atoms with van der Waals surface area (Å²) in [4.78, 5) is 10.9. The standard InChI is InChI=1S/C23H18BrN3O3/c1-14-5-7-15(8-6-14)20-13-21-19-12-17(24)9-10-22(19)30-23(26(21)25-20)16-3-2-4-18(11-16)27(28)29/h2-12,21,23H,13H2,1H3. The third kappa shape index (κ3) is 3.25. The van der Waals surface area contributed by atoms with Gasteiger partial charge in [-0.2, -0.15) is 5.10 Å². The third-order valence-corrected chi connectivity index (χ3v) is 6.00. The molecule has 0 saturated carbocycles. The molecular formula is C23H18BrN3O3. The van der Waals surface area contributed by atoms with Crippen molar-refractivity contribution in [1.82, 2.24) is 5.01 Å². The Kier molecular flexibility index (Phi) is 4.55. The van der Waals surface area contributed by atoms with Crippen LogP contribution in [0.5, 0.6) is 5.75 Å². The minimum absolute atomic E-state index is 0.00758. The Morgan fingerprint density at radius 3 is 2.70 bits per heavy atom. The van der Waals surface area contributed by atoms with Gasteiger partial charge in [0.2, 0.25) is 6.23 Å². The van der Waals surface area contributed by atoms with E-state index in [4.69, 9.17) is 9.84 Å². The second-order valence-corrected chi connectivity index (χ2v) is 8.43. The highest BCUT2D eigenvalue weighted by atomic mass is 79.9. The lowest BCUT2D eigenvalue weighted by Gasteiger charge is -2.38. The zero-order chi connectivity index (χ0) is 20.8. The number of nitrogens with zero attached hydrogens (tertiary/aromatic N) is 3. The Balaban J connectivity index is 1.60. The van der Waals surface area contributed by atoms with Crippen LogP contribution in [0.1, 0.15) is 40.9 Å². The first-order chi connectivity index (χ1) is 14.5. The van der Waals surface area contributed by atoms with E-state index in [1.807, 2.05) is 23.2 Å². The second-order valence-electron chi connectivity index (χ2n) is 7.52. The molecule has 2 unspecified atom stereocenters. The predicted molar refractivity (Wildman–Crippen MR) is 118 cm³/mol. The van der Waals surface area contributed by atoms with E-state index in [1.54, 1.807) is 12.1 Å². The molecule has 2 aliphatic heterocycles. The maximum atomic E-state index is 11.3. The molecule has 2 aliphatic rings. The Morgan fingerprint density at radius 2 is 1.93 bits per heavy atom. The van der Waals surface area contributed by atoms with Gasteiger partial charge in [0.15, 0.2) is 0 Å². The average molecular weight is 464 g/mol. The molecule has 3 aromatic carbocycles. The van der Waals surface area contributed by atoms with Crippen molar-refractivity contribution in [3.05, 3.63) is 104 Å². The summed E-state index contributed by atoms with van der Waals surface area (Å²) in [7, 11) is 0. The molecule has 0 radical (unpaired) electrons. The summed E-state index contributed by atoms with van der Waals surface area (Å²) in [5, 5.41) is 18.1. The maximum absolute atomic E-state index is 11.3. The molecule has 0 aliphatic carbocycles. The molecule has 0 saturated heterocycles. The number of hydrazone groups is 1. The highest BCUT2D eigenvalue weighted by molar-refractivity contribution is 9.10. The number of hydrogen-bond acceptors (Lipinski definition) is 5. The van der Waals surface area contributed by atoms with E-state index in [1.165, 1.54) is 11.6 Å². The summed E-state index contributed by atoms with van der Waals surface area (Å²) in [5.41, 5.74) is 5.04. The van der Waals surface area contributed by atoms with Gasteiger partial charge >= 0.3 is 0 Å². The normalized spacial score (nSPS) is 19.5. The molecule has 0 aromatic heterocycles. The summed E-state index contributed by atoms with van der Waals surface area (Å²) in [6.07, 6.45) is 0.202. The SMILES string of the molecule is Cc1ccc(C2=NN3C(C2)c2cc(Br)ccc2OC3c2cccc([N+](=O)[O-])c2)cc1. The van der Waals surface area contributed by atoms with Crippen LogP contribution in [0.3, 0.4) is 0 Å². The highest BCUT2D eigenvalue weighted by Crippen LogP contribution is 2.48. The minimum Gasteiger partial charge on any atom is -0.464 e. The summed E-state index contributed by atoms with van der Waals surface area (Å²) in [6, 6.07) is 20.8. The lowest BCUT2D eigenvalue weighted by atomic mass is 9.95. The smallest absolute Gasteiger partial charge is 0.269 e. The molecule has 150 valence electrons. The lowest BCUT2D eigenvalue weighted by Crippen LogP contribution is -2.33. The molecule has 6 nitrogen and oxygen atoms in total. The molecule has 30 heavy (non-hydrogen) atoms. The molecule has 0 spiro atoms. The molecule has 0 fully saturated rings. The number of nitro benzene ring substituents is 1. The molecular weight excluding hydrogens is 446 g/mol. The van der Waals surface area contributed by atoms with Crippen LogP contribution in [0.25, 0.3) is 0 Å². The van der Waals surface area contributed by atoms with Crippen LogP contribution in [-0.4, -0.2) is 15.6 Å². The predicted octanol–water partition coefficient (Wildman–Crippen LogP) is 5.91. The van der Waals surface area contributed by atoms with Crippen LogP contribution < -0.4 is 4.74 Å². The quantitative estimate of drug-likeness (QED) is 0.357. The van der Waals surface area contributed by atoms with Crippen molar-refractivity contribution < 1.29 is 9.66 Å². The van der Waals surface area contributed by atoms with Gasteiger partial charge in [-0.15, -0.1) is 0 Å². The van der Waals surface area contributed by atoms with E-state index in [9.17, 15) is 10.1 Å². The van der Waals surface area contributed by atoms with Gasteiger partial charge in [-0.05, 0) is 30.7 Å². The Morgan fingerprint density at radius 1 is 1.13 bits per heavy atom. The number of rotatable bonds is 3. The molecule has 3 aromatic rings. The van der Waals surface area contributed by atoms with Crippen LogP contribution in [0.4, 0.5) is 5.69 Å². The Hall–Kier alpha value is -3.19. The average Bonchev–Trinajstić information content (AvgIpc) is 3.19. The lowest BCUT2D eigenvalue weighted by molar-refractivity contribution is -0.385. The fourth-order valence-electron chi connectivity index (χ4n) is 3.99. The summed E-state index contributed by atoms with van der Waals surface area (Å²) < 4.78 is 7.27. The second kappa shape index (κ2) is 7.25. The molecule has 2 atom stereocenters. The van der Waals surface area contributed by atoms with Gasteiger partial charge in [-0.1, -0.05) is 57.9 Å². The monoisotopic (exact) mass is 463 g/mol. The van der Waals surface area contributed by atoms with Crippen molar-refractivity contribution in [2.24, 2.45) is 5.10 Å². The number of aryl methyl sites for hydroxylation is 1. The number of nitro groups is 1. The molecule has 0 N–H and O–H groups in total. The van der Waals surface area contributed by atoms with E-state index >= 15 is 0 Å². The van der Waals surface area contributed by atoms with Crippen molar-refractivity contribution >= 4 is 27.3 Å². The van der Waals surface area contributed by atoms with Crippen molar-refractivity contribution in [3.63, 3.8) is 0 Å². The topological polar surface area (TPSA) is 68.0 Å². The van der Waals surface area contributed by atoms with E-state index < -0.39 is 6.23 Å². The van der Waals surface area contributed by atoms with Crippen LogP contribution >= 0.6 is 15.9 Å². The van der Waals surface area contributed by atoms with Crippen LogP contribution in [0.15, 0.2) is 76.3 Å². The Bertz CT molecular complexity index is 1180. The van der Waals surface area contributed by atoms with Crippen molar-refractivity contribution in [1.29, 1.82) is 0 Å². The molecule has 0 bridgehead atoms. The number of hydrogen-bond donors (Lipinski definition) is 0. The largest absolute Gasteiger partial charge is 0.464 e. The summed E-state index contributed by atoms with van der Waals surface area (Å²) >= 11 is 3.55. The summed E-state index contributed by atoms with van der Waals surface area (Å²) in [5.74, 6) is 0.774. The van der Waals surface area contributed by atoms with Gasteiger partial charge in [-0.3, -0.25) is 10.1 Å². The van der Waals surface area contributed by atoms with E-state index in [0.717, 1.165) is 33.5 Å². The zero-order valence-electron chi connectivity index (χ0n) is 16.2.